The molecule has 0 aliphatic rings. The van der Waals surface area contributed by atoms with Crippen molar-refractivity contribution in [3.8, 4) is 5.75 Å². The Morgan fingerprint density at radius 2 is 1.71 bits per heavy atom. The molecule has 0 atom stereocenters. The maximum Gasteiger partial charge on any atom is 0.418 e. The van der Waals surface area contributed by atoms with Gasteiger partial charge in [0.25, 0.3) is 0 Å². The quantitative estimate of drug-likeness (QED) is 0.746. The van der Waals surface area contributed by atoms with Crippen molar-refractivity contribution in [3.63, 3.8) is 0 Å². The fourth-order valence-electron chi connectivity index (χ4n) is 1.93. The van der Waals surface area contributed by atoms with Crippen molar-refractivity contribution in [3.05, 3.63) is 60.2 Å². The first-order chi connectivity index (χ1) is 11.5. The van der Waals surface area contributed by atoms with Gasteiger partial charge < -0.3 is 10.1 Å². The number of para-hydroxylation sites is 2. The van der Waals surface area contributed by atoms with Gasteiger partial charge in [0.15, 0.2) is 0 Å². The Balaban J connectivity index is 1.74. The van der Waals surface area contributed by atoms with E-state index in [0.717, 1.165) is 11.8 Å². The zero-order valence-corrected chi connectivity index (χ0v) is 13.5. The zero-order valence-electron chi connectivity index (χ0n) is 12.7. The lowest BCUT2D eigenvalue weighted by atomic mass is 10.1. The molecule has 24 heavy (non-hydrogen) atoms. The lowest BCUT2D eigenvalue weighted by Gasteiger charge is -2.13. The molecule has 128 valence electrons. The van der Waals surface area contributed by atoms with E-state index in [1.54, 1.807) is 0 Å². The number of carbonyl (C=O) groups excluding carboxylic acids is 1. The summed E-state index contributed by atoms with van der Waals surface area (Å²) in [5, 5.41) is 2.31. The van der Waals surface area contributed by atoms with E-state index in [4.69, 9.17) is 4.74 Å². The third-order valence-electron chi connectivity index (χ3n) is 2.98. The van der Waals surface area contributed by atoms with Crippen molar-refractivity contribution in [2.45, 2.75) is 6.18 Å². The molecule has 0 aliphatic carbocycles. The molecule has 3 nitrogen and oxygen atoms in total. The molecule has 0 spiro atoms. The van der Waals surface area contributed by atoms with Crippen molar-refractivity contribution in [2.24, 2.45) is 0 Å². The van der Waals surface area contributed by atoms with Crippen LogP contribution >= 0.6 is 11.8 Å². The number of amides is 1. The summed E-state index contributed by atoms with van der Waals surface area (Å²) in [7, 11) is 0. The molecule has 0 bridgehead atoms. The van der Waals surface area contributed by atoms with Gasteiger partial charge in [-0.25, -0.2) is 0 Å². The number of carbonyl (C=O) groups is 1. The van der Waals surface area contributed by atoms with Crippen LogP contribution in [0.15, 0.2) is 54.6 Å². The molecule has 0 saturated heterocycles. The minimum absolute atomic E-state index is 0.0599. The van der Waals surface area contributed by atoms with Crippen LogP contribution in [-0.2, 0) is 11.0 Å². The highest BCUT2D eigenvalue weighted by molar-refractivity contribution is 7.99. The number of rotatable bonds is 7. The number of hydrogen-bond acceptors (Lipinski definition) is 3. The smallest absolute Gasteiger partial charge is 0.418 e. The topological polar surface area (TPSA) is 38.3 Å². The molecule has 2 rings (SSSR count). The fourth-order valence-corrected chi connectivity index (χ4v) is 2.53. The Morgan fingerprint density at radius 1 is 1.04 bits per heavy atom. The highest BCUT2D eigenvalue weighted by atomic mass is 32.2. The summed E-state index contributed by atoms with van der Waals surface area (Å²) in [4.78, 5) is 11.8. The Bertz CT molecular complexity index is 662. The summed E-state index contributed by atoms with van der Waals surface area (Å²) in [6.45, 7) is 0.418. The predicted molar refractivity (Wildman–Crippen MR) is 89.3 cm³/mol. The Labute approximate surface area is 142 Å². The predicted octanol–water partition coefficient (Wildman–Crippen LogP) is 4.46. The number of benzene rings is 2. The highest BCUT2D eigenvalue weighted by Gasteiger charge is 2.33. The Morgan fingerprint density at radius 3 is 2.42 bits per heavy atom. The Kier molecular flexibility index (Phi) is 6.54. The number of anilines is 1. The molecule has 1 amide bonds. The van der Waals surface area contributed by atoms with E-state index in [2.05, 4.69) is 5.32 Å². The van der Waals surface area contributed by atoms with Crippen LogP contribution in [0.25, 0.3) is 0 Å². The monoisotopic (exact) mass is 355 g/mol. The maximum absolute atomic E-state index is 12.8. The fraction of sp³-hybridized carbons (Fsp3) is 0.235. The molecule has 0 aliphatic heterocycles. The molecule has 2 aromatic carbocycles. The van der Waals surface area contributed by atoms with Gasteiger partial charge >= 0.3 is 6.18 Å². The summed E-state index contributed by atoms with van der Waals surface area (Å²) in [6, 6.07) is 14.2. The van der Waals surface area contributed by atoms with Gasteiger partial charge in [-0.05, 0) is 24.3 Å². The zero-order chi connectivity index (χ0) is 17.4. The summed E-state index contributed by atoms with van der Waals surface area (Å²) < 4.78 is 44.0. The van der Waals surface area contributed by atoms with Gasteiger partial charge in [-0.2, -0.15) is 13.2 Å². The van der Waals surface area contributed by atoms with Crippen LogP contribution in [0.1, 0.15) is 5.56 Å². The average molecular weight is 355 g/mol. The molecule has 1 N–H and O–H groups in total. The van der Waals surface area contributed by atoms with E-state index >= 15 is 0 Å². The van der Waals surface area contributed by atoms with Gasteiger partial charge in [0, 0.05) is 5.75 Å². The van der Waals surface area contributed by atoms with E-state index in [1.165, 1.54) is 30.0 Å². The molecule has 2 aromatic rings. The van der Waals surface area contributed by atoms with E-state index in [1.807, 2.05) is 30.3 Å². The van der Waals surface area contributed by atoms with Crippen LogP contribution in [0.3, 0.4) is 0 Å². The molecule has 0 radical (unpaired) electrons. The van der Waals surface area contributed by atoms with E-state index in [-0.39, 0.29) is 11.4 Å². The van der Waals surface area contributed by atoms with Gasteiger partial charge in [-0.15, -0.1) is 11.8 Å². The van der Waals surface area contributed by atoms with Crippen molar-refractivity contribution in [2.75, 3.05) is 23.4 Å². The normalized spacial score (nSPS) is 11.1. The second-order valence-corrected chi connectivity index (χ2v) is 5.91. The van der Waals surface area contributed by atoms with Gasteiger partial charge in [-0.1, -0.05) is 30.3 Å². The average Bonchev–Trinajstić information content (AvgIpc) is 2.55. The first-order valence-corrected chi connectivity index (χ1v) is 8.34. The molecule has 7 heteroatoms. The lowest BCUT2D eigenvalue weighted by Crippen LogP contribution is -2.18. The number of thioether (sulfide) groups is 1. The molecule has 0 heterocycles. The number of ether oxygens (including phenoxy) is 1. The van der Waals surface area contributed by atoms with Crippen LogP contribution < -0.4 is 10.1 Å². The molecule has 0 aromatic heterocycles. The summed E-state index contributed by atoms with van der Waals surface area (Å²) in [6.07, 6.45) is -4.50. The van der Waals surface area contributed by atoms with Gasteiger partial charge in [-0.3, -0.25) is 4.79 Å². The van der Waals surface area contributed by atoms with Crippen LogP contribution in [0.4, 0.5) is 18.9 Å². The summed E-state index contributed by atoms with van der Waals surface area (Å²) >= 11 is 1.29. The van der Waals surface area contributed by atoms with Crippen molar-refractivity contribution < 1.29 is 22.7 Å². The molecule has 0 unspecified atom stereocenters. The van der Waals surface area contributed by atoms with Crippen LogP contribution in [0, 0.1) is 0 Å². The van der Waals surface area contributed by atoms with Crippen LogP contribution in [0.2, 0.25) is 0 Å². The minimum atomic E-state index is -4.50. The van der Waals surface area contributed by atoms with Gasteiger partial charge in [0.05, 0.1) is 23.6 Å². The van der Waals surface area contributed by atoms with E-state index < -0.39 is 17.6 Å². The third kappa shape index (κ3) is 5.81. The van der Waals surface area contributed by atoms with Gasteiger partial charge in [0.2, 0.25) is 5.91 Å². The lowest BCUT2D eigenvalue weighted by molar-refractivity contribution is -0.137. The first kappa shape index (κ1) is 18.2. The van der Waals surface area contributed by atoms with Crippen LogP contribution in [-0.4, -0.2) is 24.0 Å². The molecule has 0 saturated carbocycles. The third-order valence-corrected chi connectivity index (χ3v) is 3.90. The second kappa shape index (κ2) is 8.63. The van der Waals surface area contributed by atoms with Crippen molar-refractivity contribution in [1.82, 2.24) is 0 Å². The highest BCUT2D eigenvalue weighted by Crippen LogP contribution is 2.34. The van der Waals surface area contributed by atoms with Gasteiger partial charge in [0.1, 0.15) is 5.75 Å². The number of hydrogen-bond donors (Lipinski definition) is 1. The van der Waals surface area contributed by atoms with Crippen molar-refractivity contribution >= 4 is 23.4 Å². The van der Waals surface area contributed by atoms with Crippen molar-refractivity contribution in [1.29, 1.82) is 0 Å². The Hall–Kier alpha value is -2.15. The number of nitrogens with one attached hydrogen (secondary N) is 1. The number of halogens is 3. The first-order valence-electron chi connectivity index (χ1n) is 7.18. The largest absolute Gasteiger partial charge is 0.493 e. The molecular weight excluding hydrogens is 339 g/mol. The molecule has 0 fully saturated rings. The minimum Gasteiger partial charge on any atom is -0.493 e. The maximum atomic E-state index is 12.8. The standard InChI is InChI=1S/C17H16F3NO2S/c18-17(19,20)14-8-4-5-9-15(14)21-16(22)12-24-11-10-23-13-6-2-1-3-7-13/h1-9H,10-12H2,(H,21,22). The second-order valence-electron chi connectivity index (χ2n) is 4.81. The SMILES string of the molecule is O=C(CSCCOc1ccccc1)Nc1ccccc1C(F)(F)F. The van der Waals surface area contributed by atoms with Crippen LogP contribution in [0.5, 0.6) is 5.75 Å². The number of alkyl halides is 3. The summed E-state index contributed by atoms with van der Waals surface area (Å²) in [5.41, 5.74) is -1.08. The van der Waals surface area contributed by atoms with E-state index in [0.29, 0.717) is 12.4 Å². The van der Waals surface area contributed by atoms with E-state index in [9.17, 15) is 18.0 Å². The summed E-state index contributed by atoms with van der Waals surface area (Å²) in [5.74, 6) is 0.881. The molecular formula is C17H16F3NO2S.